The van der Waals surface area contributed by atoms with Crippen LogP contribution in [0.1, 0.15) is 71.6 Å². The molecule has 5 heteroatoms. The number of hydrogen-bond donors (Lipinski definition) is 1. The maximum atomic E-state index is 13.3. The van der Waals surface area contributed by atoms with Crippen LogP contribution in [0.5, 0.6) is 5.75 Å². The summed E-state index contributed by atoms with van der Waals surface area (Å²) < 4.78 is 5.83. The van der Waals surface area contributed by atoms with Gasteiger partial charge in [0.1, 0.15) is 11.8 Å². The maximum absolute atomic E-state index is 13.3. The molecule has 1 atom stereocenters. The molecule has 180 valence electrons. The number of rotatable bonds is 8. The Morgan fingerprint density at radius 1 is 0.939 bits per heavy atom. The van der Waals surface area contributed by atoms with Gasteiger partial charge in [0.15, 0.2) is 6.61 Å². The van der Waals surface area contributed by atoms with Gasteiger partial charge in [0, 0.05) is 12.1 Å². The van der Waals surface area contributed by atoms with Gasteiger partial charge in [-0.05, 0) is 62.8 Å². The van der Waals surface area contributed by atoms with Crippen LogP contribution in [0.15, 0.2) is 48.5 Å². The Morgan fingerprint density at radius 2 is 1.52 bits per heavy atom. The zero-order valence-electron chi connectivity index (χ0n) is 21.5. The lowest BCUT2D eigenvalue weighted by molar-refractivity contribution is -0.143. The average Bonchev–Trinajstić information content (AvgIpc) is 2.71. The molecule has 0 bridgehead atoms. The van der Waals surface area contributed by atoms with E-state index in [0.29, 0.717) is 18.7 Å². The van der Waals surface area contributed by atoms with Gasteiger partial charge in [0.2, 0.25) is 5.91 Å². The third-order valence-corrected chi connectivity index (χ3v) is 5.44. The lowest BCUT2D eigenvalue weighted by atomic mass is 9.87. The highest BCUT2D eigenvalue weighted by atomic mass is 16.5. The molecule has 0 aliphatic heterocycles. The highest BCUT2D eigenvalue weighted by Crippen LogP contribution is 2.24. The Balaban J connectivity index is 2.20. The van der Waals surface area contributed by atoms with Crippen molar-refractivity contribution in [3.8, 4) is 5.75 Å². The SMILES string of the molecule is CCC(C(=O)NC(C)(C)C)N(Cc1ccc(C)cc1)C(=O)COc1ccc(C(C)(C)C)cc1. The van der Waals surface area contributed by atoms with Gasteiger partial charge < -0.3 is 15.0 Å². The molecule has 2 aromatic carbocycles. The summed E-state index contributed by atoms with van der Waals surface area (Å²) in [5, 5.41) is 3.02. The molecule has 0 spiro atoms. The fourth-order valence-electron chi connectivity index (χ4n) is 3.54. The van der Waals surface area contributed by atoms with E-state index < -0.39 is 6.04 Å². The number of amides is 2. The summed E-state index contributed by atoms with van der Waals surface area (Å²) in [6, 6.07) is 15.3. The van der Waals surface area contributed by atoms with E-state index in [1.807, 2.05) is 83.1 Å². The van der Waals surface area contributed by atoms with Crippen LogP contribution >= 0.6 is 0 Å². The number of hydrogen-bond acceptors (Lipinski definition) is 3. The summed E-state index contributed by atoms with van der Waals surface area (Å²) in [7, 11) is 0. The molecule has 0 aromatic heterocycles. The quantitative estimate of drug-likeness (QED) is 0.584. The molecule has 5 nitrogen and oxygen atoms in total. The lowest BCUT2D eigenvalue weighted by Gasteiger charge is -2.33. The second kappa shape index (κ2) is 10.9. The molecular formula is C28H40N2O3. The number of nitrogens with zero attached hydrogens (tertiary/aromatic N) is 1. The van der Waals surface area contributed by atoms with E-state index in [-0.39, 0.29) is 29.4 Å². The van der Waals surface area contributed by atoms with Gasteiger partial charge in [0.25, 0.3) is 5.91 Å². The lowest BCUT2D eigenvalue weighted by Crippen LogP contribution is -2.54. The van der Waals surface area contributed by atoms with E-state index in [0.717, 1.165) is 11.1 Å². The molecule has 0 fully saturated rings. The molecule has 0 aliphatic rings. The van der Waals surface area contributed by atoms with Crippen LogP contribution in [0, 0.1) is 6.92 Å². The molecule has 0 aliphatic carbocycles. The zero-order valence-corrected chi connectivity index (χ0v) is 21.5. The van der Waals surface area contributed by atoms with E-state index in [1.54, 1.807) is 4.90 Å². The molecule has 1 unspecified atom stereocenters. The summed E-state index contributed by atoms with van der Waals surface area (Å²) >= 11 is 0. The number of ether oxygens (including phenoxy) is 1. The Hall–Kier alpha value is -2.82. The van der Waals surface area contributed by atoms with Crippen molar-refractivity contribution in [3.63, 3.8) is 0 Å². The molecule has 2 rings (SSSR count). The third kappa shape index (κ3) is 8.23. The van der Waals surface area contributed by atoms with Crippen LogP contribution in [-0.4, -0.2) is 34.9 Å². The smallest absolute Gasteiger partial charge is 0.261 e. The topological polar surface area (TPSA) is 58.6 Å². The van der Waals surface area contributed by atoms with Gasteiger partial charge in [-0.1, -0.05) is 69.7 Å². The first-order valence-electron chi connectivity index (χ1n) is 11.7. The maximum Gasteiger partial charge on any atom is 0.261 e. The summed E-state index contributed by atoms with van der Waals surface area (Å²) in [6.45, 7) is 16.5. The fraction of sp³-hybridized carbons (Fsp3) is 0.500. The van der Waals surface area contributed by atoms with E-state index in [1.165, 1.54) is 5.56 Å². The molecular weight excluding hydrogens is 412 g/mol. The van der Waals surface area contributed by atoms with Crippen molar-refractivity contribution in [3.05, 3.63) is 65.2 Å². The number of carbonyl (C=O) groups is 2. The molecule has 0 saturated heterocycles. The summed E-state index contributed by atoms with van der Waals surface area (Å²) in [5.41, 5.74) is 3.00. The molecule has 0 heterocycles. The van der Waals surface area contributed by atoms with Crippen LogP contribution in [0.2, 0.25) is 0 Å². The number of aryl methyl sites for hydroxylation is 1. The van der Waals surface area contributed by atoms with Crippen molar-refractivity contribution in [2.75, 3.05) is 6.61 Å². The first kappa shape index (κ1) is 26.4. The fourth-order valence-corrected chi connectivity index (χ4v) is 3.54. The molecule has 0 radical (unpaired) electrons. The van der Waals surface area contributed by atoms with Crippen LogP contribution in [-0.2, 0) is 21.5 Å². The average molecular weight is 453 g/mol. The van der Waals surface area contributed by atoms with Crippen molar-refractivity contribution >= 4 is 11.8 Å². The minimum atomic E-state index is -0.579. The predicted octanol–water partition coefficient (Wildman–Crippen LogP) is 5.39. The Kier molecular flexibility index (Phi) is 8.70. The van der Waals surface area contributed by atoms with E-state index in [9.17, 15) is 9.59 Å². The second-order valence-corrected chi connectivity index (χ2v) is 10.7. The van der Waals surface area contributed by atoms with Crippen LogP contribution < -0.4 is 10.1 Å². The molecule has 0 saturated carbocycles. The highest BCUT2D eigenvalue weighted by Gasteiger charge is 2.30. The zero-order chi connectivity index (χ0) is 24.8. The molecule has 2 amide bonds. The predicted molar refractivity (Wildman–Crippen MR) is 134 cm³/mol. The summed E-state index contributed by atoms with van der Waals surface area (Å²) in [4.78, 5) is 28.0. The minimum Gasteiger partial charge on any atom is -0.484 e. The molecule has 1 N–H and O–H groups in total. The second-order valence-electron chi connectivity index (χ2n) is 10.7. The highest BCUT2D eigenvalue weighted by molar-refractivity contribution is 5.88. The summed E-state index contributed by atoms with van der Waals surface area (Å²) in [6.07, 6.45) is 0.514. The van der Waals surface area contributed by atoms with Crippen molar-refractivity contribution in [1.82, 2.24) is 10.2 Å². The Morgan fingerprint density at radius 3 is 2.00 bits per heavy atom. The van der Waals surface area contributed by atoms with E-state index in [4.69, 9.17) is 4.74 Å². The summed E-state index contributed by atoms with van der Waals surface area (Å²) in [5.74, 6) is 0.269. The van der Waals surface area contributed by atoms with Gasteiger partial charge >= 0.3 is 0 Å². The first-order valence-corrected chi connectivity index (χ1v) is 11.7. The van der Waals surface area contributed by atoms with Gasteiger partial charge in [-0.2, -0.15) is 0 Å². The number of benzene rings is 2. The Labute approximate surface area is 199 Å². The van der Waals surface area contributed by atoms with Crippen molar-refractivity contribution < 1.29 is 14.3 Å². The van der Waals surface area contributed by atoms with E-state index in [2.05, 4.69) is 26.1 Å². The van der Waals surface area contributed by atoms with Crippen LogP contribution in [0.4, 0.5) is 0 Å². The van der Waals surface area contributed by atoms with Gasteiger partial charge in [-0.25, -0.2) is 0 Å². The third-order valence-electron chi connectivity index (χ3n) is 5.44. The first-order chi connectivity index (χ1) is 15.3. The monoisotopic (exact) mass is 452 g/mol. The normalized spacial score (nSPS) is 12.7. The van der Waals surface area contributed by atoms with Gasteiger partial charge in [-0.15, -0.1) is 0 Å². The Bertz CT molecular complexity index is 920. The standard InChI is InChI=1S/C28H40N2O3/c1-9-24(26(32)29-28(6,7)8)30(18-21-12-10-20(2)11-13-21)25(31)19-33-23-16-14-22(15-17-23)27(3,4)5/h10-17,24H,9,18-19H2,1-8H3,(H,29,32). The molecule has 33 heavy (non-hydrogen) atoms. The molecule has 2 aromatic rings. The van der Waals surface area contributed by atoms with Crippen molar-refractivity contribution in [1.29, 1.82) is 0 Å². The largest absolute Gasteiger partial charge is 0.484 e. The van der Waals surface area contributed by atoms with Gasteiger partial charge in [-0.3, -0.25) is 9.59 Å². The minimum absolute atomic E-state index is 0.0496. The van der Waals surface area contributed by atoms with Crippen molar-refractivity contribution in [2.24, 2.45) is 0 Å². The number of carbonyl (C=O) groups excluding carboxylic acids is 2. The van der Waals surface area contributed by atoms with Crippen LogP contribution in [0.25, 0.3) is 0 Å². The van der Waals surface area contributed by atoms with E-state index >= 15 is 0 Å². The number of nitrogens with one attached hydrogen (secondary N) is 1. The van der Waals surface area contributed by atoms with Gasteiger partial charge in [0.05, 0.1) is 0 Å². The van der Waals surface area contributed by atoms with Crippen molar-refractivity contribution in [2.45, 2.75) is 85.4 Å². The van der Waals surface area contributed by atoms with Crippen LogP contribution in [0.3, 0.4) is 0 Å².